The highest BCUT2D eigenvalue weighted by molar-refractivity contribution is 6.25. The van der Waals surface area contributed by atoms with Crippen molar-refractivity contribution in [1.29, 1.82) is 0 Å². The fourth-order valence-corrected chi connectivity index (χ4v) is 3.42. The molecule has 0 saturated heterocycles. The Bertz CT molecular complexity index is 966. The Morgan fingerprint density at radius 2 is 1.60 bits per heavy atom. The van der Waals surface area contributed by atoms with Crippen molar-refractivity contribution in [3.8, 4) is 17.2 Å². The largest absolute Gasteiger partial charge is 0.457 e. The summed E-state index contributed by atoms with van der Waals surface area (Å²) in [6.45, 7) is 4.44. The zero-order valence-electron chi connectivity index (χ0n) is 17.3. The number of halogens is 2. The van der Waals surface area contributed by atoms with Crippen LogP contribution < -0.4 is 9.47 Å². The summed E-state index contributed by atoms with van der Waals surface area (Å²) in [5.41, 5.74) is 3.22. The summed E-state index contributed by atoms with van der Waals surface area (Å²) in [5.74, 6) is 2.12. The molecule has 30 heavy (non-hydrogen) atoms. The summed E-state index contributed by atoms with van der Waals surface area (Å²) in [5, 5.41) is 0. The number of ether oxygens (including phenoxy) is 2. The van der Waals surface area contributed by atoms with Crippen molar-refractivity contribution in [1.82, 2.24) is 0 Å². The van der Waals surface area contributed by atoms with Gasteiger partial charge in [0.05, 0.1) is 5.54 Å². The highest BCUT2D eigenvalue weighted by Gasteiger charge is 2.20. The summed E-state index contributed by atoms with van der Waals surface area (Å²) in [6.07, 6.45) is 3.04. The van der Waals surface area contributed by atoms with Crippen LogP contribution >= 0.6 is 11.6 Å². The Hall–Kier alpha value is -2.78. The Labute approximate surface area is 182 Å². The SMILES string of the molecule is CC(C)(CCCc1cccc(Oc2ccccc2)c1)c1ccc(O/C(F)=C/Cl)cc1. The van der Waals surface area contributed by atoms with Crippen molar-refractivity contribution in [2.75, 3.05) is 0 Å². The smallest absolute Gasteiger partial charge is 0.289 e. The van der Waals surface area contributed by atoms with E-state index in [4.69, 9.17) is 21.1 Å². The molecule has 0 spiro atoms. The summed E-state index contributed by atoms with van der Waals surface area (Å²) in [6, 6.07) is 24.7. The molecule has 0 atom stereocenters. The number of aryl methyl sites for hydroxylation is 1. The van der Waals surface area contributed by atoms with E-state index in [1.54, 1.807) is 12.1 Å². The van der Waals surface area contributed by atoms with Gasteiger partial charge in [-0.2, -0.15) is 4.39 Å². The van der Waals surface area contributed by atoms with E-state index in [9.17, 15) is 4.39 Å². The molecule has 0 unspecified atom stereocenters. The van der Waals surface area contributed by atoms with Crippen molar-refractivity contribution < 1.29 is 13.9 Å². The van der Waals surface area contributed by atoms with E-state index in [1.165, 1.54) is 11.1 Å². The molecule has 3 aromatic carbocycles. The summed E-state index contributed by atoms with van der Waals surface area (Å²) >= 11 is 5.29. The lowest BCUT2D eigenvalue weighted by Crippen LogP contribution is -2.17. The van der Waals surface area contributed by atoms with Crippen LogP contribution in [0.3, 0.4) is 0 Å². The third-order valence-electron chi connectivity index (χ3n) is 5.08. The molecule has 3 rings (SSSR count). The van der Waals surface area contributed by atoms with Crippen molar-refractivity contribution in [2.24, 2.45) is 0 Å². The van der Waals surface area contributed by atoms with Gasteiger partial charge in [0.1, 0.15) is 17.2 Å². The highest BCUT2D eigenvalue weighted by atomic mass is 35.5. The summed E-state index contributed by atoms with van der Waals surface area (Å²) in [4.78, 5) is 0. The zero-order valence-corrected chi connectivity index (χ0v) is 18.0. The van der Waals surface area contributed by atoms with Crippen LogP contribution in [0.25, 0.3) is 0 Å². The van der Waals surface area contributed by atoms with Crippen molar-refractivity contribution in [3.05, 3.63) is 102 Å². The maximum absolute atomic E-state index is 13.1. The van der Waals surface area contributed by atoms with Gasteiger partial charge in [0.25, 0.3) is 6.01 Å². The fraction of sp³-hybridized carbons (Fsp3) is 0.231. The van der Waals surface area contributed by atoms with Crippen molar-refractivity contribution >= 4 is 11.6 Å². The molecule has 0 amide bonds. The maximum atomic E-state index is 13.1. The molecule has 0 aliphatic heterocycles. The van der Waals surface area contributed by atoms with E-state index < -0.39 is 6.01 Å². The van der Waals surface area contributed by atoms with Crippen molar-refractivity contribution in [3.63, 3.8) is 0 Å². The molecule has 0 bridgehead atoms. The van der Waals surface area contributed by atoms with E-state index >= 15 is 0 Å². The molecule has 0 fully saturated rings. The first kappa shape index (κ1) is 21.9. The van der Waals surface area contributed by atoms with Gasteiger partial charge >= 0.3 is 0 Å². The fourth-order valence-electron chi connectivity index (χ4n) is 3.38. The van der Waals surface area contributed by atoms with Gasteiger partial charge in [-0.3, -0.25) is 0 Å². The van der Waals surface area contributed by atoms with Gasteiger partial charge in [-0.25, -0.2) is 0 Å². The van der Waals surface area contributed by atoms with E-state index in [1.807, 2.05) is 54.6 Å². The monoisotopic (exact) mass is 424 g/mol. The van der Waals surface area contributed by atoms with E-state index in [0.29, 0.717) is 5.75 Å². The number of benzene rings is 3. The number of rotatable bonds is 9. The van der Waals surface area contributed by atoms with Gasteiger partial charge in [-0.15, -0.1) is 0 Å². The van der Waals surface area contributed by atoms with E-state index in [0.717, 1.165) is 36.3 Å². The molecule has 0 saturated carbocycles. The molecular weight excluding hydrogens is 399 g/mol. The average molecular weight is 425 g/mol. The molecule has 3 aromatic rings. The molecule has 2 nitrogen and oxygen atoms in total. The maximum Gasteiger partial charge on any atom is 0.289 e. The van der Waals surface area contributed by atoms with Gasteiger partial charge in [0, 0.05) is 0 Å². The van der Waals surface area contributed by atoms with Crippen LogP contribution in [0.4, 0.5) is 4.39 Å². The molecule has 0 aliphatic rings. The van der Waals surface area contributed by atoms with E-state index in [-0.39, 0.29) is 5.41 Å². The average Bonchev–Trinajstić information content (AvgIpc) is 2.75. The number of para-hydroxylation sites is 1. The van der Waals surface area contributed by atoms with Gasteiger partial charge < -0.3 is 9.47 Å². The number of hydrogen-bond acceptors (Lipinski definition) is 2. The Morgan fingerprint density at radius 1 is 0.900 bits per heavy atom. The predicted octanol–water partition coefficient (Wildman–Crippen LogP) is 8.17. The van der Waals surface area contributed by atoms with Gasteiger partial charge in [-0.1, -0.05) is 67.9 Å². The third-order valence-corrected chi connectivity index (χ3v) is 5.25. The minimum absolute atomic E-state index is 0.00243. The van der Waals surface area contributed by atoms with Gasteiger partial charge in [0.15, 0.2) is 0 Å². The first-order valence-corrected chi connectivity index (χ1v) is 10.5. The van der Waals surface area contributed by atoms with Crippen LogP contribution in [0.5, 0.6) is 17.2 Å². The molecule has 156 valence electrons. The van der Waals surface area contributed by atoms with Crippen molar-refractivity contribution in [2.45, 2.75) is 38.5 Å². The summed E-state index contributed by atoms with van der Waals surface area (Å²) < 4.78 is 24.0. The van der Waals surface area contributed by atoms with E-state index in [2.05, 4.69) is 26.0 Å². The van der Waals surface area contributed by atoms with Gasteiger partial charge in [0.2, 0.25) is 0 Å². The Morgan fingerprint density at radius 3 is 2.30 bits per heavy atom. The third kappa shape index (κ3) is 6.36. The molecule has 0 aromatic heterocycles. The molecule has 0 N–H and O–H groups in total. The van der Waals surface area contributed by atoms with Crippen LogP contribution in [-0.2, 0) is 11.8 Å². The molecular formula is C26H26ClFO2. The van der Waals surface area contributed by atoms with Gasteiger partial charge in [-0.05, 0) is 72.2 Å². The first-order valence-electron chi connectivity index (χ1n) is 10.0. The normalized spacial score (nSPS) is 11.9. The molecule has 0 aliphatic carbocycles. The Balaban J connectivity index is 1.55. The predicted molar refractivity (Wildman–Crippen MR) is 121 cm³/mol. The second-order valence-electron chi connectivity index (χ2n) is 7.84. The minimum Gasteiger partial charge on any atom is -0.457 e. The lowest BCUT2D eigenvalue weighted by molar-refractivity contribution is 0.303. The van der Waals surface area contributed by atoms with Crippen LogP contribution in [-0.4, -0.2) is 0 Å². The second-order valence-corrected chi connectivity index (χ2v) is 8.06. The molecule has 0 radical (unpaired) electrons. The lowest BCUT2D eigenvalue weighted by Gasteiger charge is -2.25. The first-order chi connectivity index (χ1) is 14.5. The quantitative estimate of drug-likeness (QED) is 0.322. The second kappa shape index (κ2) is 10.3. The van der Waals surface area contributed by atoms with Crippen LogP contribution in [0.2, 0.25) is 0 Å². The topological polar surface area (TPSA) is 18.5 Å². The standard InChI is InChI=1S/C26H26ClFO2/c1-26(2,21-13-15-23(16-14-21)30-25(28)19-27)17-7-9-20-8-6-12-24(18-20)29-22-10-4-3-5-11-22/h3-6,8,10-16,18-19H,7,9,17H2,1-2H3/b25-19+. The number of hydrogen-bond donors (Lipinski definition) is 0. The molecule has 4 heteroatoms. The summed E-state index contributed by atoms with van der Waals surface area (Å²) in [7, 11) is 0. The molecule has 0 heterocycles. The van der Waals surface area contributed by atoms with Crippen LogP contribution in [0.1, 0.15) is 37.8 Å². The lowest BCUT2D eigenvalue weighted by atomic mass is 9.80. The van der Waals surface area contributed by atoms with Crippen LogP contribution in [0, 0.1) is 0 Å². The zero-order chi connectivity index (χ0) is 21.4. The highest BCUT2D eigenvalue weighted by Crippen LogP contribution is 2.31. The van der Waals surface area contributed by atoms with Crippen LogP contribution in [0.15, 0.2) is 90.4 Å². The Kier molecular flexibility index (Phi) is 7.53. The minimum atomic E-state index is -0.817.